The van der Waals surface area contributed by atoms with E-state index in [1.165, 1.54) is 0 Å². The van der Waals surface area contributed by atoms with Crippen LogP contribution in [0.4, 0.5) is 0 Å². The van der Waals surface area contributed by atoms with Gasteiger partial charge in [0.05, 0.1) is 19.3 Å². The van der Waals surface area contributed by atoms with Crippen molar-refractivity contribution in [3.8, 4) is 5.75 Å². The van der Waals surface area contributed by atoms with E-state index in [0.717, 1.165) is 11.3 Å². The lowest BCUT2D eigenvalue weighted by Gasteiger charge is -2.28. The Bertz CT molecular complexity index is 387. The topological polar surface area (TPSA) is 35.5 Å². The molecule has 0 bridgehead atoms. The second kappa shape index (κ2) is 4.66. The molecule has 3 heteroatoms. The fourth-order valence-electron chi connectivity index (χ4n) is 2.10. The van der Waals surface area contributed by atoms with Gasteiger partial charge in [-0.2, -0.15) is 0 Å². The quantitative estimate of drug-likeness (QED) is 0.768. The molecule has 0 spiro atoms. The van der Waals surface area contributed by atoms with Crippen molar-refractivity contribution in [1.29, 1.82) is 0 Å². The van der Waals surface area contributed by atoms with Crippen LogP contribution in [0.1, 0.15) is 31.4 Å². The van der Waals surface area contributed by atoms with Crippen LogP contribution in [0.25, 0.3) is 0 Å². The summed E-state index contributed by atoms with van der Waals surface area (Å²) in [6.07, 6.45) is 0.805. The number of Topliss-reactive ketones (excluding diaryl/α,β-unsaturated/α-hetero) is 1. The highest BCUT2D eigenvalue weighted by atomic mass is 16.5. The van der Waals surface area contributed by atoms with Crippen molar-refractivity contribution in [1.82, 2.24) is 0 Å². The molecule has 0 saturated carbocycles. The Balaban J connectivity index is 2.25. The van der Waals surface area contributed by atoms with Crippen LogP contribution in [0.3, 0.4) is 0 Å². The first-order valence-corrected chi connectivity index (χ1v) is 5.50. The van der Waals surface area contributed by atoms with Crippen LogP contribution in [-0.4, -0.2) is 19.0 Å². The maximum atomic E-state index is 11.5. The van der Waals surface area contributed by atoms with Crippen LogP contribution in [0.15, 0.2) is 24.3 Å². The lowest BCUT2D eigenvalue weighted by molar-refractivity contribution is -0.134. The molecule has 2 atom stereocenters. The van der Waals surface area contributed by atoms with Crippen LogP contribution in [-0.2, 0) is 9.53 Å². The van der Waals surface area contributed by atoms with Gasteiger partial charge in [0.2, 0.25) is 0 Å². The third-order valence-corrected chi connectivity index (χ3v) is 2.81. The van der Waals surface area contributed by atoms with E-state index < -0.39 is 0 Å². The number of carbonyl (C=O) groups excluding carboxylic acids is 1. The molecule has 86 valence electrons. The molecule has 16 heavy (non-hydrogen) atoms. The van der Waals surface area contributed by atoms with Gasteiger partial charge >= 0.3 is 0 Å². The molecule has 2 rings (SSSR count). The van der Waals surface area contributed by atoms with E-state index in [9.17, 15) is 4.79 Å². The van der Waals surface area contributed by atoms with Crippen LogP contribution in [0, 0.1) is 0 Å². The molecule has 1 heterocycles. The standard InChI is InChI=1S/C13H16O3/c1-9-7-10(14)8-13(16-9)11-5-3-4-6-12(11)15-2/h3-6,9,13H,7-8H2,1-2H3/t9-,13-/m1/s1. The Kier molecular flexibility index (Phi) is 3.25. The van der Waals surface area contributed by atoms with Gasteiger partial charge in [-0.15, -0.1) is 0 Å². The lowest BCUT2D eigenvalue weighted by atomic mass is 9.97. The Hall–Kier alpha value is -1.35. The first kappa shape index (κ1) is 11.1. The second-order valence-corrected chi connectivity index (χ2v) is 4.12. The summed E-state index contributed by atoms with van der Waals surface area (Å²) >= 11 is 0. The number of benzene rings is 1. The van der Waals surface area contributed by atoms with Crippen molar-refractivity contribution in [3.05, 3.63) is 29.8 Å². The fraction of sp³-hybridized carbons (Fsp3) is 0.462. The third kappa shape index (κ3) is 2.25. The maximum Gasteiger partial charge on any atom is 0.138 e. The highest BCUT2D eigenvalue weighted by Gasteiger charge is 2.28. The molecule has 0 radical (unpaired) electrons. The van der Waals surface area contributed by atoms with Gasteiger partial charge in [-0.25, -0.2) is 0 Å². The Morgan fingerprint density at radius 3 is 2.75 bits per heavy atom. The summed E-state index contributed by atoms with van der Waals surface area (Å²) in [7, 11) is 1.63. The van der Waals surface area contributed by atoms with Gasteiger partial charge in [0.25, 0.3) is 0 Å². The van der Waals surface area contributed by atoms with Gasteiger partial charge in [0, 0.05) is 18.4 Å². The average Bonchev–Trinajstić information content (AvgIpc) is 2.27. The van der Waals surface area contributed by atoms with Crippen molar-refractivity contribution in [3.63, 3.8) is 0 Å². The molecule has 0 amide bonds. The highest BCUT2D eigenvalue weighted by molar-refractivity contribution is 5.80. The molecule has 0 aromatic heterocycles. The van der Waals surface area contributed by atoms with Crippen LogP contribution in [0.5, 0.6) is 5.75 Å². The molecule has 1 saturated heterocycles. The Labute approximate surface area is 95.4 Å². The van der Waals surface area contributed by atoms with Crippen molar-refractivity contribution >= 4 is 5.78 Å². The van der Waals surface area contributed by atoms with Gasteiger partial charge < -0.3 is 9.47 Å². The summed E-state index contributed by atoms with van der Waals surface area (Å²) in [5.74, 6) is 1.05. The summed E-state index contributed by atoms with van der Waals surface area (Å²) in [6.45, 7) is 1.93. The predicted molar refractivity (Wildman–Crippen MR) is 60.5 cm³/mol. The fourth-order valence-corrected chi connectivity index (χ4v) is 2.10. The molecule has 1 aliphatic rings. The van der Waals surface area contributed by atoms with Crippen molar-refractivity contribution < 1.29 is 14.3 Å². The number of rotatable bonds is 2. The maximum absolute atomic E-state index is 11.5. The summed E-state index contributed by atoms with van der Waals surface area (Å²) in [6, 6.07) is 7.69. The molecule has 1 aromatic carbocycles. The highest BCUT2D eigenvalue weighted by Crippen LogP contribution is 2.34. The first-order valence-electron chi connectivity index (χ1n) is 5.50. The minimum atomic E-state index is -0.160. The molecule has 0 aliphatic carbocycles. The third-order valence-electron chi connectivity index (χ3n) is 2.81. The molecular formula is C13H16O3. The second-order valence-electron chi connectivity index (χ2n) is 4.12. The molecule has 0 N–H and O–H groups in total. The summed E-state index contributed by atoms with van der Waals surface area (Å²) < 4.78 is 11.1. The number of para-hydroxylation sites is 1. The van der Waals surface area contributed by atoms with Crippen molar-refractivity contribution in [2.45, 2.75) is 32.0 Å². The minimum absolute atomic E-state index is 0.00355. The van der Waals surface area contributed by atoms with Gasteiger partial charge in [0.1, 0.15) is 11.5 Å². The molecule has 3 nitrogen and oxygen atoms in total. The van der Waals surface area contributed by atoms with Gasteiger partial charge in [-0.3, -0.25) is 4.79 Å². The molecule has 1 aliphatic heterocycles. The van der Waals surface area contributed by atoms with Gasteiger partial charge in [-0.1, -0.05) is 18.2 Å². The van der Waals surface area contributed by atoms with E-state index in [2.05, 4.69) is 0 Å². The molecule has 0 unspecified atom stereocenters. The zero-order chi connectivity index (χ0) is 11.5. The predicted octanol–water partition coefficient (Wildman–Crippen LogP) is 2.50. The number of carbonyl (C=O) groups is 1. The number of ether oxygens (including phenoxy) is 2. The van der Waals surface area contributed by atoms with Gasteiger partial charge in [0.15, 0.2) is 0 Å². The smallest absolute Gasteiger partial charge is 0.138 e. The summed E-state index contributed by atoms with van der Waals surface area (Å²) in [5.41, 5.74) is 0.963. The largest absolute Gasteiger partial charge is 0.496 e. The van der Waals surface area contributed by atoms with Gasteiger partial charge in [-0.05, 0) is 13.0 Å². The van der Waals surface area contributed by atoms with E-state index in [4.69, 9.17) is 9.47 Å². The van der Waals surface area contributed by atoms with Crippen molar-refractivity contribution in [2.24, 2.45) is 0 Å². The first-order chi connectivity index (χ1) is 7.70. The van der Waals surface area contributed by atoms with E-state index in [0.29, 0.717) is 12.8 Å². The zero-order valence-electron chi connectivity index (χ0n) is 9.60. The minimum Gasteiger partial charge on any atom is -0.496 e. The number of ketones is 1. The number of hydrogen-bond acceptors (Lipinski definition) is 3. The van der Waals surface area contributed by atoms with Crippen LogP contribution in [0.2, 0.25) is 0 Å². The van der Waals surface area contributed by atoms with Crippen LogP contribution < -0.4 is 4.74 Å². The van der Waals surface area contributed by atoms with E-state index in [-0.39, 0.29) is 18.0 Å². The van der Waals surface area contributed by atoms with E-state index in [1.54, 1.807) is 7.11 Å². The Morgan fingerprint density at radius 1 is 1.31 bits per heavy atom. The molecule has 1 fully saturated rings. The molecular weight excluding hydrogens is 204 g/mol. The molecule has 1 aromatic rings. The Morgan fingerprint density at radius 2 is 2.06 bits per heavy atom. The monoisotopic (exact) mass is 220 g/mol. The van der Waals surface area contributed by atoms with Crippen LogP contribution >= 0.6 is 0 Å². The number of methoxy groups -OCH3 is 1. The number of hydrogen-bond donors (Lipinski definition) is 0. The van der Waals surface area contributed by atoms with E-state index >= 15 is 0 Å². The van der Waals surface area contributed by atoms with E-state index in [1.807, 2.05) is 31.2 Å². The lowest BCUT2D eigenvalue weighted by Crippen LogP contribution is -2.26. The van der Waals surface area contributed by atoms with Crippen molar-refractivity contribution in [2.75, 3.05) is 7.11 Å². The zero-order valence-corrected chi connectivity index (χ0v) is 9.60. The normalized spacial score (nSPS) is 25.5. The summed E-state index contributed by atoms with van der Waals surface area (Å²) in [4.78, 5) is 11.5. The average molecular weight is 220 g/mol. The summed E-state index contributed by atoms with van der Waals surface area (Å²) in [5, 5.41) is 0. The SMILES string of the molecule is COc1ccccc1[C@H]1CC(=O)C[C@@H](C)O1.